The molecule has 1 amide bonds. The predicted octanol–water partition coefficient (Wildman–Crippen LogP) is 3.68. The summed E-state index contributed by atoms with van der Waals surface area (Å²) in [5.41, 5.74) is 3.96. The quantitative estimate of drug-likeness (QED) is 0.775. The summed E-state index contributed by atoms with van der Waals surface area (Å²) in [5.74, 6) is 0.308. The van der Waals surface area contributed by atoms with Crippen LogP contribution in [-0.4, -0.2) is 22.4 Å². The maximum absolute atomic E-state index is 12.4. The Labute approximate surface area is 157 Å². The summed E-state index contributed by atoms with van der Waals surface area (Å²) in [6.45, 7) is 0.855. The van der Waals surface area contributed by atoms with E-state index in [0.29, 0.717) is 22.8 Å². The summed E-state index contributed by atoms with van der Waals surface area (Å²) in [6.07, 6.45) is 5.18. The first-order valence-corrected chi connectivity index (χ1v) is 8.73. The van der Waals surface area contributed by atoms with Crippen molar-refractivity contribution in [1.82, 2.24) is 9.97 Å². The fourth-order valence-electron chi connectivity index (χ4n) is 3.15. The Bertz CT molecular complexity index is 1010. The van der Waals surface area contributed by atoms with Crippen LogP contribution in [0.4, 0.5) is 17.3 Å². The monoisotopic (exact) mass is 355 g/mol. The molecule has 2 aromatic carbocycles. The molecule has 6 nitrogen and oxygen atoms in total. The smallest absolute Gasteiger partial charge is 0.258 e. The maximum Gasteiger partial charge on any atom is 0.258 e. The standard InChI is InChI=1S/C21H17N5O/c22-12-15-7-9-18(10-8-15)25-20(27)17-13-23-21(24-14-17)26-11-3-5-16-4-1-2-6-19(16)26/h1-2,4,6-10,13-14H,3,5,11H2,(H,25,27). The lowest BCUT2D eigenvalue weighted by molar-refractivity contribution is 0.102. The first-order valence-electron chi connectivity index (χ1n) is 8.73. The molecule has 1 aliphatic rings. The normalized spacial score (nSPS) is 12.8. The zero-order valence-corrected chi connectivity index (χ0v) is 14.6. The third-order valence-electron chi connectivity index (χ3n) is 4.52. The third kappa shape index (κ3) is 3.48. The molecule has 0 saturated carbocycles. The zero-order chi connectivity index (χ0) is 18.6. The van der Waals surface area contributed by atoms with Gasteiger partial charge in [-0.05, 0) is 48.7 Å². The molecular formula is C21H17N5O. The van der Waals surface area contributed by atoms with Gasteiger partial charge in [0.15, 0.2) is 0 Å². The fourth-order valence-corrected chi connectivity index (χ4v) is 3.15. The highest BCUT2D eigenvalue weighted by Crippen LogP contribution is 2.31. The molecule has 0 saturated heterocycles. The number of aromatic nitrogens is 2. The van der Waals surface area contributed by atoms with Gasteiger partial charge in [0.25, 0.3) is 5.91 Å². The molecule has 0 aliphatic carbocycles. The number of rotatable bonds is 3. The van der Waals surface area contributed by atoms with Crippen molar-refractivity contribution in [3.8, 4) is 6.07 Å². The minimum absolute atomic E-state index is 0.287. The van der Waals surface area contributed by atoms with E-state index in [1.54, 1.807) is 36.7 Å². The predicted molar refractivity (Wildman–Crippen MR) is 103 cm³/mol. The molecule has 1 N–H and O–H groups in total. The van der Waals surface area contributed by atoms with Gasteiger partial charge in [0.1, 0.15) is 0 Å². The van der Waals surface area contributed by atoms with Gasteiger partial charge in [0.05, 0.1) is 17.2 Å². The number of nitriles is 1. The number of hydrogen-bond donors (Lipinski definition) is 1. The van der Waals surface area contributed by atoms with Crippen molar-refractivity contribution in [2.75, 3.05) is 16.8 Å². The average molecular weight is 355 g/mol. The minimum Gasteiger partial charge on any atom is -0.322 e. The van der Waals surface area contributed by atoms with Crippen molar-refractivity contribution < 1.29 is 4.79 Å². The molecule has 132 valence electrons. The van der Waals surface area contributed by atoms with Crippen LogP contribution in [-0.2, 0) is 6.42 Å². The van der Waals surface area contributed by atoms with Crippen molar-refractivity contribution in [2.45, 2.75) is 12.8 Å². The number of hydrogen-bond acceptors (Lipinski definition) is 5. The molecule has 1 aromatic heterocycles. The van der Waals surface area contributed by atoms with Gasteiger partial charge in [-0.3, -0.25) is 4.79 Å². The SMILES string of the molecule is N#Cc1ccc(NC(=O)c2cnc(N3CCCc4ccccc43)nc2)cc1. The molecule has 6 heteroatoms. The lowest BCUT2D eigenvalue weighted by atomic mass is 10.0. The van der Waals surface area contributed by atoms with Crippen molar-refractivity contribution in [2.24, 2.45) is 0 Å². The van der Waals surface area contributed by atoms with Gasteiger partial charge in [-0.25, -0.2) is 9.97 Å². The Morgan fingerprint density at radius 3 is 2.56 bits per heavy atom. The van der Waals surface area contributed by atoms with Crippen LogP contribution in [0, 0.1) is 11.3 Å². The number of carbonyl (C=O) groups is 1. The van der Waals surface area contributed by atoms with E-state index in [9.17, 15) is 4.79 Å². The van der Waals surface area contributed by atoms with Crippen LogP contribution in [0.2, 0.25) is 0 Å². The van der Waals surface area contributed by atoms with Crippen LogP contribution in [0.5, 0.6) is 0 Å². The molecule has 0 radical (unpaired) electrons. The minimum atomic E-state index is -0.287. The fraction of sp³-hybridized carbons (Fsp3) is 0.143. The topological polar surface area (TPSA) is 81.9 Å². The number of anilines is 3. The molecule has 0 fully saturated rings. The Balaban J connectivity index is 1.51. The molecule has 0 bridgehead atoms. The molecule has 2 heterocycles. The number of carbonyl (C=O) groups excluding carboxylic acids is 1. The highest BCUT2D eigenvalue weighted by Gasteiger charge is 2.20. The molecular weight excluding hydrogens is 338 g/mol. The van der Waals surface area contributed by atoms with Crippen LogP contribution in [0.1, 0.15) is 27.9 Å². The number of benzene rings is 2. The summed E-state index contributed by atoms with van der Waals surface area (Å²) in [5, 5.41) is 11.6. The van der Waals surface area contributed by atoms with Gasteiger partial charge in [-0.2, -0.15) is 5.26 Å². The first kappa shape index (κ1) is 16.7. The van der Waals surface area contributed by atoms with Crippen LogP contribution in [0.15, 0.2) is 60.9 Å². The molecule has 4 rings (SSSR count). The Hall–Kier alpha value is -3.72. The zero-order valence-electron chi connectivity index (χ0n) is 14.6. The van der Waals surface area contributed by atoms with Gasteiger partial charge in [-0.1, -0.05) is 18.2 Å². The lowest BCUT2D eigenvalue weighted by Crippen LogP contribution is -2.26. The molecule has 3 aromatic rings. The second kappa shape index (κ2) is 7.26. The number of nitrogens with zero attached hydrogens (tertiary/aromatic N) is 4. The Kier molecular flexibility index (Phi) is 4.50. The maximum atomic E-state index is 12.4. The largest absolute Gasteiger partial charge is 0.322 e. The first-order chi connectivity index (χ1) is 13.2. The van der Waals surface area contributed by atoms with E-state index in [0.717, 1.165) is 25.1 Å². The van der Waals surface area contributed by atoms with E-state index in [1.807, 2.05) is 18.2 Å². The van der Waals surface area contributed by atoms with Crippen LogP contribution in [0.3, 0.4) is 0 Å². The van der Waals surface area contributed by atoms with Crippen LogP contribution >= 0.6 is 0 Å². The van der Waals surface area contributed by atoms with Crippen molar-refractivity contribution in [3.05, 3.63) is 77.6 Å². The van der Waals surface area contributed by atoms with Gasteiger partial charge in [-0.15, -0.1) is 0 Å². The van der Waals surface area contributed by atoms with Gasteiger partial charge in [0.2, 0.25) is 5.95 Å². The number of nitrogens with one attached hydrogen (secondary N) is 1. The number of aryl methyl sites for hydroxylation is 1. The van der Waals surface area contributed by atoms with E-state index in [2.05, 4.69) is 32.3 Å². The summed E-state index contributed by atoms with van der Waals surface area (Å²) in [7, 11) is 0. The summed E-state index contributed by atoms with van der Waals surface area (Å²) in [4.78, 5) is 23.3. The number of fused-ring (bicyclic) bond motifs is 1. The van der Waals surface area contributed by atoms with Gasteiger partial charge >= 0.3 is 0 Å². The summed E-state index contributed by atoms with van der Waals surface area (Å²) in [6, 6.07) is 17.0. The highest BCUT2D eigenvalue weighted by molar-refractivity contribution is 6.03. The molecule has 0 spiro atoms. The molecule has 0 atom stereocenters. The van der Waals surface area contributed by atoms with Gasteiger partial charge < -0.3 is 10.2 Å². The summed E-state index contributed by atoms with van der Waals surface area (Å²) >= 11 is 0. The van der Waals surface area contributed by atoms with Crippen LogP contribution in [0.25, 0.3) is 0 Å². The van der Waals surface area contributed by atoms with E-state index >= 15 is 0 Å². The summed E-state index contributed by atoms with van der Waals surface area (Å²) < 4.78 is 0. The second-order valence-electron chi connectivity index (χ2n) is 6.30. The van der Waals surface area contributed by atoms with E-state index in [1.165, 1.54) is 5.56 Å². The third-order valence-corrected chi connectivity index (χ3v) is 4.52. The van der Waals surface area contributed by atoms with E-state index in [4.69, 9.17) is 5.26 Å². The van der Waals surface area contributed by atoms with E-state index in [-0.39, 0.29) is 5.91 Å². The Morgan fingerprint density at radius 1 is 1.07 bits per heavy atom. The highest BCUT2D eigenvalue weighted by atomic mass is 16.1. The number of amides is 1. The lowest BCUT2D eigenvalue weighted by Gasteiger charge is -2.29. The average Bonchev–Trinajstić information content (AvgIpc) is 2.74. The van der Waals surface area contributed by atoms with Gasteiger partial charge in [0, 0.05) is 30.3 Å². The van der Waals surface area contributed by atoms with E-state index < -0.39 is 0 Å². The molecule has 0 unspecified atom stereocenters. The van der Waals surface area contributed by atoms with Crippen molar-refractivity contribution in [1.29, 1.82) is 5.26 Å². The molecule has 1 aliphatic heterocycles. The molecule has 27 heavy (non-hydrogen) atoms. The van der Waals surface area contributed by atoms with Crippen molar-refractivity contribution in [3.63, 3.8) is 0 Å². The second-order valence-corrected chi connectivity index (χ2v) is 6.30. The Morgan fingerprint density at radius 2 is 1.81 bits per heavy atom. The van der Waals surface area contributed by atoms with Crippen LogP contribution < -0.4 is 10.2 Å². The number of para-hydroxylation sites is 1. The van der Waals surface area contributed by atoms with Crippen molar-refractivity contribution >= 4 is 23.2 Å².